The van der Waals surface area contributed by atoms with Gasteiger partial charge in [0.25, 0.3) is 0 Å². The normalized spacial score (nSPS) is 11.0. The molecule has 0 spiro atoms. The number of aryl methyl sites for hydroxylation is 4. The monoisotopic (exact) mass is 386 g/mol. The minimum absolute atomic E-state index is 0.947. The van der Waals surface area contributed by atoms with Gasteiger partial charge in [-0.25, -0.2) is 0 Å². The second-order valence-electron chi connectivity index (χ2n) is 6.27. The summed E-state index contributed by atoms with van der Waals surface area (Å²) >= 11 is 5.24. The molecule has 5 heteroatoms. The van der Waals surface area contributed by atoms with Gasteiger partial charge in [-0.05, 0) is 49.9 Å². The molecule has 0 radical (unpaired) electrons. The van der Waals surface area contributed by atoms with Gasteiger partial charge in [0, 0.05) is 11.5 Å². The van der Waals surface area contributed by atoms with E-state index in [9.17, 15) is 0 Å². The van der Waals surface area contributed by atoms with Crippen molar-refractivity contribution < 1.29 is 0 Å². The summed E-state index contributed by atoms with van der Waals surface area (Å²) in [5.41, 5.74) is 8.06. The van der Waals surface area contributed by atoms with Crippen LogP contribution in [0.5, 0.6) is 0 Å². The van der Waals surface area contributed by atoms with Crippen molar-refractivity contribution in [3.8, 4) is 0 Å². The minimum atomic E-state index is 0.947. The van der Waals surface area contributed by atoms with Gasteiger partial charge >= 0.3 is 0 Å². The first-order valence-corrected chi connectivity index (χ1v) is 11.0. The highest BCUT2D eigenvalue weighted by Crippen LogP contribution is 2.33. The third-order valence-corrected chi connectivity index (χ3v) is 7.37. The Bertz CT molecular complexity index is 801. The molecule has 0 fully saturated rings. The van der Waals surface area contributed by atoms with E-state index in [4.69, 9.17) is 0 Å². The van der Waals surface area contributed by atoms with Crippen LogP contribution in [0.4, 0.5) is 0 Å². The summed E-state index contributed by atoms with van der Waals surface area (Å²) in [6.45, 7) is 8.62. The number of hydrogen-bond acceptors (Lipinski definition) is 5. The summed E-state index contributed by atoms with van der Waals surface area (Å²) in [6.07, 6.45) is 0. The van der Waals surface area contributed by atoms with Gasteiger partial charge in [-0.1, -0.05) is 82.4 Å². The fourth-order valence-electron chi connectivity index (χ4n) is 2.61. The molecule has 2 aromatic carbocycles. The Hall–Kier alpha value is -1.30. The molecule has 0 aliphatic carbocycles. The van der Waals surface area contributed by atoms with Crippen LogP contribution in [0.25, 0.3) is 0 Å². The highest BCUT2D eigenvalue weighted by Gasteiger charge is 2.08. The Kier molecular flexibility index (Phi) is 6.20. The van der Waals surface area contributed by atoms with Crippen LogP contribution in [0, 0.1) is 27.7 Å². The van der Waals surface area contributed by atoms with Crippen molar-refractivity contribution in [1.29, 1.82) is 0 Å². The fraction of sp³-hybridized carbons (Fsp3) is 0.300. The molecule has 0 aliphatic rings. The molecule has 130 valence electrons. The summed E-state index contributed by atoms with van der Waals surface area (Å²) < 4.78 is 2.09. The number of benzene rings is 2. The van der Waals surface area contributed by atoms with E-state index < -0.39 is 0 Å². The van der Waals surface area contributed by atoms with Crippen LogP contribution in [0.3, 0.4) is 0 Å². The summed E-state index contributed by atoms with van der Waals surface area (Å²) in [7, 11) is 0. The largest absolute Gasteiger partial charge is 0.175 e. The molecule has 1 aromatic heterocycles. The van der Waals surface area contributed by atoms with Crippen molar-refractivity contribution in [3.63, 3.8) is 0 Å². The second kappa shape index (κ2) is 8.39. The lowest BCUT2D eigenvalue weighted by molar-refractivity contribution is 0.954. The van der Waals surface area contributed by atoms with Crippen molar-refractivity contribution in [3.05, 3.63) is 69.8 Å². The molecule has 3 rings (SSSR count). The molecule has 0 unspecified atom stereocenters. The average Bonchev–Trinajstić information content (AvgIpc) is 3.01. The molecule has 0 aliphatic heterocycles. The number of thioether (sulfide) groups is 2. The van der Waals surface area contributed by atoms with Gasteiger partial charge in [0.15, 0.2) is 8.68 Å². The average molecular weight is 387 g/mol. The number of rotatable bonds is 6. The lowest BCUT2D eigenvalue weighted by Crippen LogP contribution is -1.87. The zero-order valence-corrected chi connectivity index (χ0v) is 17.4. The third-order valence-electron chi connectivity index (χ3n) is 4.09. The van der Waals surface area contributed by atoms with Gasteiger partial charge < -0.3 is 0 Å². The van der Waals surface area contributed by atoms with Crippen LogP contribution in [-0.4, -0.2) is 10.2 Å². The van der Waals surface area contributed by atoms with E-state index in [-0.39, 0.29) is 0 Å². The van der Waals surface area contributed by atoms with Gasteiger partial charge in [0.2, 0.25) is 0 Å². The molecular formula is C20H22N2S3. The Balaban J connectivity index is 1.57. The van der Waals surface area contributed by atoms with E-state index >= 15 is 0 Å². The van der Waals surface area contributed by atoms with Gasteiger partial charge in [0.1, 0.15) is 0 Å². The molecule has 0 bridgehead atoms. The molecule has 0 amide bonds. The van der Waals surface area contributed by atoms with Crippen molar-refractivity contribution in [1.82, 2.24) is 10.2 Å². The number of nitrogens with zero attached hydrogens (tertiary/aromatic N) is 2. The van der Waals surface area contributed by atoms with Crippen LogP contribution in [0.1, 0.15) is 33.4 Å². The van der Waals surface area contributed by atoms with Crippen LogP contribution in [0.15, 0.2) is 45.1 Å². The third kappa shape index (κ3) is 5.09. The molecule has 0 saturated carbocycles. The smallest absolute Gasteiger partial charge is 0.131 e. The first kappa shape index (κ1) is 18.5. The van der Waals surface area contributed by atoms with Crippen molar-refractivity contribution in [2.45, 2.75) is 47.9 Å². The molecule has 0 N–H and O–H groups in total. The number of hydrogen-bond donors (Lipinski definition) is 0. The van der Waals surface area contributed by atoms with E-state index in [1.165, 1.54) is 33.4 Å². The standard InChI is InChI=1S/C20H22N2S3/c1-13-5-7-17(15(3)9-13)11-23-19-21-22-20(25-19)24-12-18-8-6-14(2)10-16(18)4/h5-10H,11-12H2,1-4H3. The maximum absolute atomic E-state index is 4.34. The first-order valence-electron chi connectivity index (χ1n) is 8.22. The first-order chi connectivity index (χ1) is 12.0. The molecular weight excluding hydrogens is 364 g/mol. The Morgan fingerprint density at radius 1 is 0.720 bits per heavy atom. The molecule has 3 aromatic rings. The second-order valence-corrected chi connectivity index (χ2v) is 9.69. The topological polar surface area (TPSA) is 25.8 Å². The Labute approximate surface area is 162 Å². The van der Waals surface area contributed by atoms with Gasteiger partial charge in [-0.15, -0.1) is 10.2 Å². The Morgan fingerprint density at radius 2 is 1.16 bits per heavy atom. The zero-order chi connectivity index (χ0) is 17.8. The summed E-state index contributed by atoms with van der Waals surface area (Å²) in [6, 6.07) is 13.3. The maximum atomic E-state index is 4.34. The van der Waals surface area contributed by atoms with Crippen LogP contribution < -0.4 is 0 Å². The highest BCUT2D eigenvalue weighted by atomic mass is 32.2. The zero-order valence-electron chi connectivity index (χ0n) is 15.0. The van der Waals surface area contributed by atoms with Gasteiger partial charge in [-0.2, -0.15) is 0 Å². The maximum Gasteiger partial charge on any atom is 0.175 e. The van der Waals surface area contributed by atoms with Gasteiger partial charge in [0.05, 0.1) is 0 Å². The van der Waals surface area contributed by atoms with E-state index in [1.54, 1.807) is 34.9 Å². The van der Waals surface area contributed by atoms with E-state index in [1.807, 2.05) is 0 Å². The van der Waals surface area contributed by atoms with Crippen molar-refractivity contribution in [2.24, 2.45) is 0 Å². The molecule has 0 saturated heterocycles. The van der Waals surface area contributed by atoms with E-state index in [2.05, 4.69) is 74.3 Å². The SMILES string of the molecule is Cc1ccc(CSc2nnc(SCc3ccc(C)cc3C)s2)c(C)c1. The number of aromatic nitrogens is 2. The van der Waals surface area contributed by atoms with Crippen molar-refractivity contribution in [2.75, 3.05) is 0 Å². The summed E-state index contributed by atoms with van der Waals surface area (Å²) in [5, 5.41) is 8.68. The molecule has 0 atom stereocenters. The fourth-order valence-corrected chi connectivity index (χ4v) is 5.78. The predicted molar refractivity (Wildman–Crippen MR) is 111 cm³/mol. The van der Waals surface area contributed by atoms with Crippen LogP contribution in [-0.2, 0) is 11.5 Å². The van der Waals surface area contributed by atoms with Crippen molar-refractivity contribution >= 4 is 34.9 Å². The summed E-state index contributed by atoms with van der Waals surface area (Å²) in [5.74, 6) is 1.89. The highest BCUT2D eigenvalue weighted by molar-refractivity contribution is 8.02. The summed E-state index contributed by atoms with van der Waals surface area (Å²) in [4.78, 5) is 0. The van der Waals surface area contributed by atoms with Gasteiger partial charge in [-0.3, -0.25) is 0 Å². The minimum Gasteiger partial charge on any atom is -0.131 e. The quantitative estimate of drug-likeness (QED) is 0.461. The lowest BCUT2D eigenvalue weighted by Gasteiger charge is -2.05. The van der Waals surface area contributed by atoms with E-state index in [0.29, 0.717) is 0 Å². The predicted octanol–water partition coefficient (Wildman–Crippen LogP) is 6.36. The molecule has 25 heavy (non-hydrogen) atoms. The lowest BCUT2D eigenvalue weighted by atomic mass is 10.1. The van der Waals surface area contributed by atoms with Crippen LogP contribution in [0.2, 0.25) is 0 Å². The Morgan fingerprint density at radius 3 is 1.56 bits per heavy atom. The molecule has 2 nitrogen and oxygen atoms in total. The van der Waals surface area contributed by atoms with Crippen LogP contribution >= 0.6 is 34.9 Å². The molecule has 1 heterocycles. The van der Waals surface area contributed by atoms with E-state index in [0.717, 1.165) is 20.2 Å².